The van der Waals surface area contributed by atoms with E-state index >= 15 is 0 Å². The van der Waals surface area contributed by atoms with E-state index in [-0.39, 0.29) is 18.1 Å². The summed E-state index contributed by atoms with van der Waals surface area (Å²) in [7, 11) is 1.56. The largest absolute Gasteiger partial charge is 0.497 e. The molecular formula is C20H19ClN2O4. The Hall–Kier alpha value is -2.86. The third kappa shape index (κ3) is 3.80. The second-order valence-electron chi connectivity index (χ2n) is 5.92. The number of methoxy groups -OCH3 is 1. The molecule has 0 saturated carbocycles. The Kier molecular flexibility index (Phi) is 5.76. The monoisotopic (exact) mass is 386 g/mol. The molecule has 3 rings (SSSR count). The standard InChI is InChI=1S/C20H19ClN2O4/c1-3-27-20(25)18-16(14-6-4-5-7-15(14)21)17(22-23-18)19(24)12-8-10-13(26-2)11-9-12/h4-11,16-17,22H,3H2,1-2H3/t16-,17-/m0/s1. The van der Waals surface area contributed by atoms with Gasteiger partial charge >= 0.3 is 5.97 Å². The first-order valence-electron chi connectivity index (χ1n) is 8.49. The van der Waals surface area contributed by atoms with E-state index in [0.29, 0.717) is 21.9 Å². The summed E-state index contributed by atoms with van der Waals surface area (Å²) in [4.78, 5) is 25.5. The number of carbonyl (C=O) groups is 2. The van der Waals surface area contributed by atoms with Gasteiger partial charge in [0.15, 0.2) is 11.5 Å². The zero-order valence-electron chi connectivity index (χ0n) is 14.9. The van der Waals surface area contributed by atoms with Gasteiger partial charge in [-0.25, -0.2) is 4.79 Å². The minimum atomic E-state index is -0.766. The Morgan fingerprint density at radius 2 is 1.85 bits per heavy atom. The maximum absolute atomic E-state index is 13.1. The van der Waals surface area contributed by atoms with Gasteiger partial charge in [-0.05, 0) is 42.8 Å². The summed E-state index contributed by atoms with van der Waals surface area (Å²) in [6.07, 6.45) is 0. The molecule has 0 fully saturated rings. The zero-order chi connectivity index (χ0) is 19.4. The van der Waals surface area contributed by atoms with Crippen LogP contribution in [-0.2, 0) is 9.53 Å². The molecule has 1 heterocycles. The molecule has 2 aromatic carbocycles. The van der Waals surface area contributed by atoms with Gasteiger partial charge in [-0.2, -0.15) is 5.10 Å². The molecule has 0 amide bonds. The average molecular weight is 387 g/mol. The quantitative estimate of drug-likeness (QED) is 0.609. The van der Waals surface area contributed by atoms with Crippen molar-refractivity contribution >= 4 is 29.1 Å². The lowest BCUT2D eigenvalue weighted by atomic mass is 9.84. The summed E-state index contributed by atoms with van der Waals surface area (Å²) in [5.41, 5.74) is 4.05. The number of ketones is 1. The zero-order valence-corrected chi connectivity index (χ0v) is 15.7. The number of esters is 1. The van der Waals surface area contributed by atoms with Crippen LogP contribution in [0.15, 0.2) is 53.6 Å². The van der Waals surface area contributed by atoms with Crippen LogP contribution in [0.5, 0.6) is 5.75 Å². The number of ether oxygens (including phenoxy) is 2. The number of carbonyl (C=O) groups excluding carboxylic acids is 2. The molecule has 1 aliphatic rings. The van der Waals surface area contributed by atoms with Gasteiger partial charge in [0, 0.05) is 10.6 Å². The summed E-state index contributed by atoms with van der Waals surface area (Å²) in [6.45, 7) is 1.93. The minimum Gasteiger partial charge on any atom is -0.497 e. The van der Waals surface area contributed by atoms with Crippen LogP contribution < -0.4 is 10.2 Å². The highest BCUT2D eigenvalue weighted by Crippen LogP contribution is 2.33. The first-order chi connectivity index (χ1) is 13.1. The van der Waals surface area contributed by atoms with Gasteiger partial charge in [0.1, 0.15) is 11.8 Å². The van der Waals surface area contributed by atoms with Crippen molar-refractivity contribution in [3.63, 3.8) is 0 Å². The van der Waals surface area contributed by atoms with Crippen molar-refractivity contribution in [3.05, 3.63) is 64.7 Å². The summed E-state index contributed by atoms with van der Waals surface area (Å²) >= 11 is 6.34. The number of halogens is 1. The SMILES string of the molecule is CCOC(=O)C1=NN[C@H](C(=O)c2ccc(OC)cc2)[C@@H]1c1ccccc1Cl. The van der Waals surface area contributed by atoms with Crippen molar-refractivity contribution in [2.45, 2.75) is 18.9 Å². The highest BCUT2D eigenvalue weighted by molar-refractivity contribution is 6.41. The van der Waals surface area contributed by atoms with Crippen LogP contribution in [0.4, 0.5) is 0 Å². The van der Waals surface area contributed by atoms with Crippen LogP contribution in [0, 0.1) is 0 Å². The fourth-order valence-electron chi connectivity index (χ4n) is 3.02. The van der Waals surface area contributed by atoms with Gasteiger partial charge in [0.25, 0.3) is 0 Å². The van der Waals surface area contributed by atoms with Gasteiger partial charge in [0.05, 0.1) is 19.6 Å². The number of hydrogen-bond donors (Lipinski definition) is 1. The van der Waals surface area contributed by atoms with E-state index in [2.05, 4.69) is 10.5 Å². The molecule has 140 valence electrons. The molecular weight excluding hydrogens is 368 g/mol. The van der Waals surface area contributed by atoms with Crippen molar-refractivity contribution in [2.75, 3.05) is 13.7 Å². The van der Waals surface area contributed by atoms with E-state index < -0.39 is 17.9 Å². The smallest absolute Gasteiger partial charge is 0.355 e. The van der Waals surface area contributed by atoms with Crippen LogP contribution in [0.25, 0.3) is 0 Å². The molecule has 2 aromatic rings. The molecule has 27 heavy (non-hydrogen) atoms. The Bertz CT molecular complexity index is 880. The summed E-state index contributed by atoms with van der Waals surface area (Å²) in [6, 6.07) is 13.1. The highest BCUT2D eigenvalue weighted by atomic mass is 35.5. The van der Waals surface area contributed by atoms with Crippen molar-refractivity contribution in [1.29, 1.82) is 0 Å². The lowest BCUT2D eigenvalue weighted by Gasteiger charge is -2.20. The fourth-order valence-corrected chi connectivity index (χ4v) is 3.27. The molecule has 0 aliphatic carbocycles. The van der Waals surface area contributed by atoms with Crippen LogP contribution in [0.1, 0.15) is 28.8 Å². The van der Waals surface area contributed by atoms with Crippen LogP contribution in [0.3, 0.4) is 0 Å². The molecule has 0 unspecified atom stereocenters. The lowest BCUT2D eigenvalue weighted by molar-refractivity contribution is -0.135. The maximum atomic E-state index is 13.1. The molecule has 1 aliphatic heterocycles. The predicted molar refractivity (Wildman–Crippen MR) is 103 cm³/mol. The number of benzene rings is 2. The molecule has 0 aromatic heterocycles. The van der Waals surface area contributed by atoms with Gasteiger partial charge in [-0.3, -0.25) is 10.2 Å². The number of nitrogens with zero attached hydrogens (tertiary/aromatic N) is 1. The first kappa shape index (κ1) is 18.9. The Morgan fingerprint density at radius 1 is 1.15 bits per heavy atom. The topological polar surface area (TPSA) is 77.0 Å². The molecule has 0 spiro atoms. The average Bonchev–Trinajstić information content (AvgIpc) is 3.13. The molecule has 0 radical (unpaired) electrons. The molecule has 2 atom stereocenters. The Morgan fingerprint density at radius 3 is 2.48 bits per heavy atom. The third-order valence-corrected chi connectivity index (χ3v) is 4.68. The number of hydrazone groups is 1. The van der Waals surface area contributed by atoms with Gasteiger partial charge in [-0.1, -0.05) is 29.8 Å². The van der Waals surface area contributed by atoms with Gasteiger partial charge in [-0.15, -0.1) is 0 Å². The van der Waals surface area contributed by atoms with Gasteiger partial charge in [0.2, 0.25) is 0 Å². The van der Waals surface area contributed by atoms with Crippen molar-refractivity contribution < 1.29 is 19.1 Å². The number of rotatable bonds is 6. The second-order valence-corrected chi connectivity index (χ2v) is 6.32. The third-order valence-electron chi connectivity index (χ3n) is 4.33. The number of Topliss-reactive ketones (excluding diaryl/α,β-unsaturated/α-hetero) is 1. The normalized spacial score (nSPS) is 18.4. The van der Waals surface area contributed by atoms with E-state index in [9.17, 15) is 9.59 Å². The second kappa shape index (κ2) is 8.22. The lowest BCUT2D eigenvalue weighted by Crippen LogP contribution is -2.38. The van der Waals surface area contributed by atoms with Gasteiger partial charge < -0.3 is 9.47 Å². The Labute approximate surface area is 162 Å². The number of nitrogens with one attached hydrogen (secondary N) is 1. The van der Waals surface area contributed by atoms with E-state index in [0.717, 1.165) is 0 Å². The Balaban J connectivity index is 1.97. The summed E-state index contributed by atoms with van der Waals surface area (Å²) < 4.78 is 10.2. The van der Waals surface area contributed by atoms with E-state index in [1.807, 2.05) is 0 Å². The maximum Gasteiger partial charge on any atom is 0.355 e. The van der Waals surface area contributed by atoms with Crippen LogP contribution in [0.2, 0.25) is 5.02 Å². The van der Waals surface area contributed by atoms with Crippen molar-refractivity contribution in [2.24, 2.45) is 5.10 Å². The van der Waals surface area contributed by atoms with E-state index in [1.165, 1.54) is 0 Å². The summed E-state index contributed by atoms with van der Waals surface area (Å²) in [5.74, 6) is -0.769. The van der Waals surface area contributed by atoms with Crippen molar-refractivity contribution in [1.82, 2.24) is 5.43 Å². The minimum absolute atomic E-state index is 0.136. The fraction of sp³-hybridized carbons (Fsp3) is 0.250. The molecule has 7 heteroatoms. The molecule has 0 bridgehead atoms. The van der Waals surface area contributed by atoms with Crippen molar-refractivity contribution in [3.8, 4) is 5.75 Å². The van der Waals surface area contributed by atoms with E-state index in [4.69, 9.17) is 21.1 Å². The summed E-state index contributed by atoms with van der Waals surface area (Å²) in [5, 5.41) is 4.56. The predicted octanol–water partition coefficient (Wildman–Crippen LogP) is 3.21. The van der Waals surface area contributed by atoms with Crippen LogP contribution in [-0.4, -0.2) is 37.2 Å². The highest BCUT2D eigenvalue weighted by Gasteiger charge is 2.42. The molecule has 1 N–H and O–H groups in total. The number of hydrogen-bond acceptors (Lipinski definition) is 6. The molecule has 6 nitrogen and oxygen atoms in total. The molecule has 0 saturated heterocycles. The van der Waals surface area contributed by atoms with Crippen LogP contribution >= 0.6 is 11.6 Å². The van der Waals surface area contributed by atoms with E-state index in [1.54, 1.807) is 62.6 Å². The first-order valence-corrected chi connectivity index (χ1v) is 8.87.